The molecule has 0 saturated heterocycles. The molecular formula is C30H58Cl2SiZr. The van der Waals surface area contributed by atoms with E-state index in [-0.39, 0.29) is 14.9 Å². The van der Waals surface area contributed by atoms with Gasteiger partial charge in [0.1, 0.15) is 0 Å². The second kappa shape index (κ2) is 15.9. The Labute approximate surface area is 235 Å². The number of unbranched alkanes of at least 4 members (excludes halogenated alkanes) is 1. The summed E-state index contributed by atoms with van der Waals surface area (Å²) in [6.07, 6.45) is 21.7. The molecule has 0 amide bonds. The van der Waals surface area contributed by atoms with Gasteiger partial charge in [-0.1, -0.05) is 91.7 Å². The number of fused-ring (bicyclic) bond motifs is 2. The molecule has 34 heavy (non-hydrogen) atoms. The van der Waals surface area contributed by atoms with Crippen molar-refractivity contribution in [3.8, 4) is 0 Å². The molecule has 9 unspecified atom stereocenters. The predicted molar refractivity (Wildman–Crippen MR) is 156 cm³/mol. The number of hydrogen-bond acceptors (Lipinski definition) is 0. The van der Waals surface area contributed by atoms with Crippen molar-refractivity contribution in [1.29, 1.82) is 0 Å². The van der Waals surface area contributed by atoms with Crippen LogP contribution in [0.2, 0.25) is 24.2 Å². The van der Waals surface area contributed by atoms with Crippen LogP contribution < -0.4 is 0 Å². The Bertz CT molecular complexity index is 556. The third-order valence-electron chi connectivity index (χ3n) is 11.0. The van der Waals surface area contributed by atoms with Crippen molar-refractivity contribution in [3.05, 3.63) is 14.9 Å². The van der Waals surface area contributed by atoms with Crippen molar-refractivity contribution in [2.45, 2.75) is 135 Å². The molecule has 0 radical (unpaired) electrons. The van der Waals surface area contributed by atoms with Gasteiger partial charge >= 0.3 is 37.9 Å². The van der Waals surface area contributed by atoms with E-state index in [9.17, 15) is 0 Å². The van der Waals surface area contributed by atoms with E-state index in [2.05, 4.69) is 33.9 Å². The summed E-state index contributed by atoms with van der Waals surface area (Å²) in [7, 11) is 8.65. The Kier molecular flexibility index (Phi) is 15.8. The standard InChI is InChI=1S/C28H52Si.2CH3.2ClH.Zr/c1-6-7-12-20(2)17-22-19-28(26-16-11-9-14-24(22)26)29(4,5)27-18-21(3)23-13-8-10-15-25(23)27;;;;;/h20-28H,6-19H2,1-5H3;2*1H3;2*1H;/q;2*-1;;;+4/p-2. The van der Waals surface area contributed by atoms with Crippen LogP contribution in [0.5, 0.6) is 0 Å². The fraction of sp³-hybridized carbons (Fsp3) is 0.933. The zero-order valence-electron chi connectivity index (χ0n) is 23.9. The van der Waals surface area contributed by atoms with E-state index in [1.807, 2.05) is 0 Å². The average Bonchev–Trinajstić information content (AvgIpc) is 3.32. The summed E-state index contributed by atoms with van der Waals surface area (Å²) in [5.74, 6) is 7.58. The van der Waals surface area contributed by atoms with Crippen LogP contribution in [0.15, 0.2) is 0 Å². The summed E-state index contributed by atoms with van der Waals surface area (Å²) in [5.41, 5.74) is 2.32. The summed E-state index contributed by atoms with van der Waals surface area (Å²) < 4.78 is 0. The van der Waals surface area contributed by atoms with Gasteiger partial charge < -0.3 is 14.9 Å². The van der Waals surface area contributed by atoms with Crippen LogP contribution in [0.25, 0.3) is 0 Å². The van der Waals surface area contributed by atoms with Crippen LogP contribution in [0, 0.1) is 56.3 Å². The van der Waals surface area contributed by atoms with E-state index in [4.69, 9.17) is 17.0 Å². The van der Waals surface area contributed by atoms with Crippen molar-refractivity contribution in [1.82, 2.24) is 0 Å². The summed E-state index contributed by atoms with van der Waals surface area (Å²) in [6.45, 7) is 13.4. The zero-order chi connectivity index (χ0) is 23.3. The summed E-state index contributed by atoms with van der Waals surface area (Å²) in [4.78, 5) is 0. The molecule has 0 spiro atoms. The van der Waals surface area contributed by atoms with Crippen LogP contribution in [0.3, 0.4) is 0 Å². The minimum absolute atomic E-state index is 0. The van der Waals surface area contributed by atoms with Crippen LogP contribution in [-0.4, -0.2) is 8.07 Å². The van der Waals surface area contributed by atoms with Crippen molar-refractivity contribution in [2.24, 2.45) is 41.4 Å². The first-order chi connectivity index (χ1) is 15.3. The first-order valence-electron chi connectivity index (χ1n) is 14.3. The van der Waals surface area contributed by atoms with Gasteiger partial charge in [0.05, 0.1) is 8.07 Å². The Balaban J connectivity index is 0.00000110. The van der Waals surface area contributed by atoms with Crippen LogP contribution >= 0.6 is 17.0 Å². The SMILES string of the molecule is CCCCC(C)CC1CC([Si](C)(C)C2CC(C)C3CCCCC32)C2CCCCC12.[CH3-].[CH3-].[Cl][Zr+2][Cl]. The second-order valence-corrected chi connectivity index (χ2v) is 21.9. The van der Waals surface area contributed by atoms with E-state index in [0.29, 0.717) is 0 Å². The molecule has 4 aliphatic carbocycles. The first-order valence-corrected chi connectivity index (χ1v) is 23.8. The molecule has 9 atom stereocenters. The Hall–Kier alpha value is 1.68. The van der Waals surface area contributed by atoms with Gasteiger partial charge in [0.2, 0.25) is 0 Å². The molecule has 0 bridgehead atoms. The number of hydrogen-bond donors (Lipinski definition) is 0. The molecule has 0 aromatic rings. The molecule has 4 fully saturated rings. The molecule has 0 aromatic heterocycles. The monoisotopic (exact) mass is 606 g/mol. The minimum atomic E-state index is -1.21. The first kappa shape index (κ1) is 33.7. The third-order valence-corrected chi connectivity index (χ3v) is 16.1. The van der Waals surface area contributed by atoms with Gasteiger partial charge in [-0.3, -0.25) is 0 Å². The van der Waals surface area contributed by atoms with Gasteiger partial charge in [0.15, 0.2) is 0 Å². The van der Waals surface area contributed by atoms with Crippen LogP contribution in [0.1, 0.15) is 111 Å². The van der Waals surface area contributed by atoms with Gasteiger partial charge in [-0.05, 0) is 84.6 Å². The second-order valence-electron chi connectivity index (χ2n) is 13.0. The maximum atomic E-state index is 4.93. The quantitative estimate of drug-likeness (QED) is 0.199. The van der Waals surface area contributed by atoms with E-state index in [1.54, 1.807) is 64.2 Å². The van der Waals surface area contributed by atoms with Crippen molar-refractivity contribution >= 4 is 25.1 Å². The molecule has 0 N–H and O–H groups in total. The third kappa shape index (κ3) is 7.85. The molecular weight excluding hydrogens is 551 g/mol. The average molecular weight is 609 g/mol. The maximum absolute atomic E-state index is 4.93. The fourth-order valence-electron chi connectivity index (χ4n) is 9.54. The van der Waals surface area contributed by atoms with Gasteiger partial charge in [0.25, 0.3) is 0 Å². The van der Waals surface area contributed by atoms with E-state index < -0.39 is 28.9 Å². The van der Waals surface area contributed by atoms with Gasteiger partial charge in [-0.2, -0.15) is 0 Å². The topological polar surface area (TPSA) is 0 Å². The predicted octanol–water partition coefficient (Wildman–Crippen LogP) is 11.6. The molecule has 0 nitrogen and oxygen atoms in total. The summed E-state index contributed by atoms with van der Waals surface area (Å²) >= 11 is -0.826. The molecule has 0 aromatic carbocycles. The number of halogens is 2. The molecule has 4 rings (SSSR count). The Morgan fingerprint density at radius 3 is 1.85 bits per heavy atom. The van der Waals surface area contributed by atoms with Crippen molar-refractivity contribution < 1.29 is 20.8 Å². The van der Waals surface area contributed by atoms with E-state index in [0.717, 1.165) is 52.5 Å². The fourth-order valence-corrected chi connectivity index (χ4v) is 15.0. The molecule has 0 aliphatic heterocycles. The molecule has 4 saturated carbocycles. The molecule has 0 heterocycles. The number of rotatable bonds is 7. The van der Waals surface area contributed by atoms with Crippen LogP contribution in [0.4, 0.5) is 0 Å². The molecule has 4 aliphatic rings. The Morgan fingerprint density at radius 2 is 1.29 bits per heavy atom. The van der Waals surface area contributed by atoms with Gasteiger partial charge in [0, 0.05) is 0 Å². The summed E-state index contributed by atoms with van der Waals surface area (Å²) in [6, 6.07) is 0. The Morgan fingerprint density at radius 1 is 0.824 bits per heavy atom. The molecule has 200 valence electrons. The van der Waals surface area contributed by atoms with Crippen molar-refractivity contribution in [3.63, 3.8) is 0 Å². The zero-order valence-corrected chi connectivity index (χ0v) is 28.8. The van der Waals surface area contributed by atoms with Crippen LogP contribution in [-0.2, 0) is 20.8 Å². The van der Waals surface area contributed by atoms with Gasteiger partial charge in [-0.25, -0.2) is 0 Å². The molecule has 4 heteroatoms. The van der Waals surface area contributed by atoms with E-state index >= 15 is 0 Å². The van der Waals surface area contributed by atoms with Gasteiger partial charge in [-0.15, -0.1) is 0 Å². The summed E-state index contributed by atoms with van der Waals surface area (Å²) in [5, 5.41) is 0. The normalized spacial score (nSPS) is 37.6. The van der Waals surface area contributed by atoms with E-state index in [1.165, 1.54) is 25.7 Å². The van der Waals surface area contributed by atoms with Crippen molar-refractivity contribution in [2.75, 3.05) is 0 Å².